The fourth-order valence-electron chi connectivity index (χ4n) is 3.53. The average molecular weight is 420 g/mol. The van der Waals surface area contributed by atoms with Crippen LogP contribution in [-0.4, -0.2) is 59.6 Å². The summed E-state index contributed by atoms with van der Waals surface area (Å²) < 4.78 is 16.4. The van der Waals surface area contributed by atoms with E-state index in [0.29, 0.717) is 18.4 Å². The lowest BCUT2D eigenvalue weighted by Crippen LogP contribution is -2.34. The van der Waals surface area contributed by atoms with Gasteiger partial charge in [0.05, 0.1) is 19.1 Å². The first-order chi connectivity index (χ1) is 14.2. The number of aliphatic hydroxyl groups excluding tert-OH is 2. The van der Waals surface area contributed by atoms with Gasteiger partial charge in [-0.1, -0.05) is 18.2 Å². The van der Waals surface area contributed by atoms with Crippen LogP contribution in [0.2, 0.25) is 0 Å². The second kappa shape index (κ2) is 10.4. The number of aliphatic hydroxyl groups is 2. The summed E-state index contributed by atoms with van der Waals surface area (Å²) in [5.74, 6) is -2.41. The Morgan fingerprint density at radius 3 is 2.60 bits per heavy atom. The predicted molar refractivity (Wildman–Crippen MR) is 107 cm³/mol. The molecule has 0 spiro atoms. The third kappa shape index (κ3) is 5.67. The number of carbonyl (C=O) groups excluding carboxylic acids is 3. The normalized spacial score (nSPS) is 30.9. The lowest BCUT2D eigenvalue weighted by Gasteiger charge is -2.29. The smallest absolute Gasteiger partial charge is 0.334 e. The first-order valence-corrected chi connectivity index (χ1v) is 9.70. The van der Waals surface area contributed by atoms with E-state index >= 15 is 0 Å². The van der Waals surface area contributed by atoms with E-state index in [-0.39, 0.29) is 17.8 Å². The Bertz CT molecular complexity index is 804. The van der Waals surface area contributed by atoms with E-state index in [2.05, 4.69) is 6.58 Å². The second-order valence-corrected chi connectivity index (χ2v) is 7.42. The minimum atomic E-state index is -0.837. The summed E-state index contributed by atoms with van der Waals surface area (Å²) in [5.41, 5.74) is 1.63. The maximum atomic E-state index is 12.4. The van der Waals surface area contributed by atoms with Crippen molar-refractivity contribution in [3.63, 3.8) is 0 Å². The number of esters is 3. The SMILES string of the molecule is C=C1C(=O)O[C@@H]2/C=C(/CO)[C@@H](OC(C)=O)C/C=C(\C)C[C@@H](OC(=O)/C(C)=C/CO)[C@@H]12. The standard InChI is InChI=1S/C22H28O8/c1-12-5-6-17(28-15(4)25)16(11-24)10-19-20(14(3)22(27)30-19)18(9-12)29-21(26)13(2)7-8-23/h5,7,10,17-20,23-24H,3,6,8-9,11H2,1-2,4H3/b12-5+,13-7+,16-10-/t17-,18+,19+,20+/m0/s1. The van der Waals surface area contributed by atoms with Gasteiger partial charge in [0.1, 0.15) is 18.3 Å². The van der Waals surface area contributed by atoms with Gasteiger partial charge in [0.2, 0.25) is 0 Å². The van der Waals surface area contributed by atoms with Gasteiger partial charge in [-0.3, -0.25) is 4.79 Å². The summed E-state index contributed by atoms with van der Waals surface area (Å²) in [4.78, 5) is 36.2. The second-order valence-electron chi connectivity index (χ2n) is 7.42. The van der Waals surface area contributed by atoms with Crippen molar-refractivity contribution in [2.75, 3.05) is 13.2 Å². The zero-order valence-corrected chi connectivity index (χ0v) is 17.4. The minimum absolute atomic E-state index is 0.160. The highest BCUT2D eigenvalue weighted by Crippen LogP contribution is 2.36. The van der Waals surface area contributed by atoms with Gasteiger partial charge in [-0.2, -0.15) is 0 Å². The van der Waals surface area contributed by atoms with E-state index in [9.17, 15) is 19.5 Å². The van der Waals surface area contributed by atoms with E-state index in [4.69, 9.17) is 19.3 Å². The van der Waals surface area contributed by atoms with Crippen molar-refractivity contribution >= 4 is 17.9 Å². The van der Waals surface area contributed by atoms with Crippen molar-refractivity contribution in [1.82, 2.24) is 0 Å². The van der Waals surface area contributed by atoms with Crippen LogP contribution in [-0.2, 0) is 28.6 Å². The molecule has 1 aliphatic carbocycles. The van der Waals surface area contributed by atoms with Crippen LogP contribution in [0.3, 0.4) is 0 Å². The van der Waals surface area contributed by atoms with Crippen LogP contribution in [0.25, 0.3) is 0 Å². The molecule has 0 radical (unpaired) electrons. The molecule has 0 aromatic heterocycles. The van der Waals surface area contributed by atoms with Gasteiger partial charge in [0.25, 0.3) is 0 Å². The van der Waals surface area contributed by atoms with Gasteiger partial charge in [-0.05, 0) is 31.6 Å². The zero-order chi connectivity index (χ0) is 22.4. The molecule has 164 valence electrons. The molecule has 2 N–H and O–H groups in total. The molecule has 0 bridgehead atoms. The maximum absolute atomic E-state index is 12.4. The highest BCUT2D eigenvalue weighted by Gasteiger charge is 2.45. The Morgan fingerprint density at radius 1 is 1.30 bits per heavy atom. The van der Waals surface area contributed by atoms with Gasteiger partial charge in [0.15, 0.2) is 0 Å². The number of rotatable bonds is 5. The summed E-state index contributed by atoms with van der Waals surface area (Å²) in [6.45, 7) is 7.75. The molecule has 0 amide bonds. The Kier molecular flexibility index (Phi) is 8.14. The van der Waals surface area contributed by atoms with Crippen LogP contribution in [0.4, 0.5) is 0 Å². The van der Waals surface area contributed by atoms with Crippen LogP contribution in [0.1, 0.15) is 33.6 Å². The summed E-state index contributed by atoms with van der Waals surface area (Å²) in [6, 6.07) is 0. The van der Waals surface area contributed by atoms with Crippen LogP contribution in [0, 0.1) is 5.92 Å². The minimum Gasteiger partial charge on any atom is -0.458 e. The molecule has 30 heavy (non-hydrogen) atoms. The van der Waals surface area contributed by atoms with Crippen LogP contribution in [0.15, 0.2) is 47.1 Å². The predicted octanol–water partition coefficient (Wildman–Crippen LogP) is 1.53. The van der Waals surface area contributed by atoms with Gasteiger partial charge in [-0.25, -0.2) is 9.59 Å². The van der Waals surface area contributed by atoms with Crippen LogP contribution in [0.5, 0.6) is 0 Å². The molecule has 8 nitrogen and oxygen atoms in total. The quantitative estimate of drug-likeness (QED) is 0.297. The number of ether oxygens (including phenoxy) is 3. The van der Waals surface area contributed by atoms with Gasteiger partial charge >= 0.3 is 17.9 Å². The number of hydrogen-bond acceptors (Lipinski definition) is 8. The van der Waals surface area contributed by atoms with Crippen molar-refractivity contribution in [2.45, 2.75) is 51.9 Å². The molecule has 0 unspecified atom stereocenters. The first kappa shape index (κ1) is 23.6. The van der Waals surface area contributed by atoms with Gasteiger partial charge in [0, 0.05) is 30.9 Å². The van der Waals surface area contributed by atoms with E-state index in [1.165, 1.54) is 19.9 Å². The first-order valence-electron chi connectivity index (χ1n) is 9.70. The van der Waals surface area contributed by atoms with Crippen molar-refractivity contribution in [3.8, 4) is 0 Å². The highest BCUT2D eigenvalue weighted by atomic mass is 16.6. The van der Waals surface area contributed by atoms with Crippen LogP contribution >= 0.6 is 0 Å². The molecule has 0 aromatic carbocycles. The topological polar surface area (TPSA) is 119 Å². The monoisotopic (exact) mass is 420 g/mol. The fraction of sp³-hybridized carbons (Fsp3) is 0.500. The van der Waals surface area contributed by atoms with E-state index in [1.807, 2.05) is 13.0 Å². The number of carbonyl (C=O) groups is 3. The molecule has 2 aliphatic rings. The maximum Gasteiger partial charge on any atom is 0.334 e. The summed E-state index contributed by atoms with van der Waals surface area (Å²) >= 11 is 0. The molecular weight excluding hydrogens is 392 g/mol. The molecule has 0 saturated carbocycles. The molecule has 1 aliphatic heterocycles. The third-order valence-corrected chi connectivity index (χ3v) is 5.13. The summed E-state index contributed by atoms with van der Waals surface area (Å²) in [7, 11) is 0. The van der Waals surface area contributed by atoms with Crippen molar-refractivity contribution in [3.05, 3.63) is 47.1 Å². The highest BCUT2D eigenvalue weighted by molar-refractivity contribution is 5.92. The van der Waals surface area contributed by atoms with Crippen molar-refractivity contribution in [1.29, 1.82) is 0 Å². The molecule has 1 saturated heterocycles. The zero-order valence-electron chi connectivity index (χ0n) is 17.4. The van der Waals surface area contributed by atoms with Gasteiger partial charge in [-0.15, -0.1) is 0 Å². The Hall–Kier alpha value is -2.71. The number of fused-ring (bicyclic) bond motifs is 1. The van der Waals surface area contributed by atoms with Gasteiger partial charge < -0.3 is 24.4 Å². The Labute approximate surface area is 175 Å². The van der Waals surface area contributed by atoms with Crippen molar-refractivity contribution < 1.29 is 38.8 Å². The average Bonchev–Trinajstić information content (AvgIpc) is 2.95. The fourth-order valence-corrected chi connectivity index (χ4v) is 3.53. The lowest BCUT2D eigenvalue weighted by molar-refractivity contribution is -0.148. The molecule has 1 heterocycles. The summed E-state index contributed by atoms with van der Waals surface area (Å²) in [6.07, 6.45) is 3.05. The molecule has 8 heteroatoms. The van der Waals surface area contributed by atoms with E-state index in [0.717, 1.165) is 5.57 Å². The van der Waals surface area contributed by atoms with E-state index in [1.54, 1.807) is 6.08 Å². The lowest BCUT2D eigenvalue weighted by atomic mass is 9.85. The Morgan fingerprint density at radius 2 is 2.00 bits per heavy atom. The van der Waals surface area contributed by atoms with Crippen molar-refractivity contribution in [2.24, 2.45) is 5.92 Å². The van der Waals surface area contributed by atoms with E-state index < -0.39 is 48.7 Å². The third-order valence-electron chi connectivity index (χ3n) is 5.13. The Balaban J connectivity index is 2.46. The molecule has 4 atom stereocenters. The molecule has 2 rings (SSSR count). The van der Waals surface area contributed by atoms with Crippen LogP contribution < -0.4 is 0 Å². The molecular formula is C22H28O8. The summed E-state index contributed by atoms with van der Waals surface area (Å²) in [5, 5.41) is 18.9. The number of hydrogen-bond donors (Lipinski definition) is 2. The molecule has 0 aromatic rings. The largest absolute Gasteiger partial charge is 0.458 e. The molecule has 1 fully saturated rings.